The Balaban J connectivity index is 3.13. The lowest BCUT2D eigenvalue weighted by atomic mass is 10.2. The fraction of sp³-hybridized carbons (Fsp3) is 0.364. The van der Waals surface area contributed by atoms with Crippen molar-refractivity contribution < 1.29 is 21.8 Å². The minimum absolute atomic E-state index is 0.215. The Morgan fingerprint density at radius 1 is 1.52 bits per heavy atom. The van der Waals surface area contributed by atoms with Gasteiger partial charge in [-0.3, -0.25) is 9.00 Å². The number of halogens is 2. The van der Waals surface area contributed by atoms with Gasteiger partial charge in [-0.05, 0) is 19.1 Å². The first kappa shape index (κ1) is 18.0. The van der Waals surface area contributed by atoms with E-state index in [1.54, 1.807) is 6.92 Å². The number of amides is 1. The first-order chi connectivity index (χ1) is 9.52. The molecule has 0 saturated carbocycles. The van der Waals surface area contributed by atoms with Gasteiger partial charge < -0.3 is 5.32 Å². The van der Waals surface area contributed by atoms with E-state index in [2.05, 4.69) is 5.32 Å². The molecule has 0 aliphatic rings. The van der Waals surface area contributed by atoms with Crippen LogP contribution in [0.2, 0.25) is 5.02 Å². The van der Waals surface area contributed by atoms with Gasteiger partial charge in [0.15, 0.2) is 0 Å². The molecule has 2 unspecified atom stereocenters. The zero-order chi connectivity index (χ0) is 16.4. The molecule has 0 aliphatic heterocycles. The minimum atomic E-state index is -4.32. The predicted octanol–water partition coefficient (Wildman–Crippen LogP) is 0.623. The summed E-state index contributed by atoms with van der Waals surface area (Å²) in [5.41, 5.74) is -0.226. The number of sulfonamides is 1. The van der Waals surface area contributed by atoms with Crippen molar-refractivity contribution in [3.8, 4) is 0 Å². The molecule has 1 aromatic carbocycles. The third-order valence-corrected chi connectivity index (χ3v) is 4.64. The summed E-state index contributed by atoms with van der Waals surface area (Å²) < 4.78 is 47.0. The van der Waals surface area contributed by atoms with Crippen LogP contribution in [-0.2, 0) is 20.8 Å². The van der Waals surface area contributed by atoms with E-state index in [1.165, 1.54) is 6.26 Å². The fourth-order valence-electron chi connectivity index (χ4n) is 1.62. The molecule has 1 amide bonds. The number of hydrogen-bond acceptors (Lipinski definition) is 4. The van der Waals surface area contributed by atoms with Gasteiger partial charge >= 0.3 is 0 Å². The number of hydrogen-bond donors (Lipinski definition) is 2. The van der Waals surface area contributed by atoms with Crippen molar-refractivity contribution in [1.82, 2.24) is 5.32 Å². The second-order valence-electron chi connectivity index (χ2n) is 4.42. The topological polar surface area (TPSA) is 106 Å². The quantitative estimate of drug-likeness (QED) is 0.806. The van der Waals surface area contributed by atoms with Gasteiger partial charge in [-0.25, -0.2) is 17.9 Å². The predicted molar refractivity (Wildman–Crippen MR) is 78.6 cm³/mol. The molecule has 2 atom stereocenters. The molecule has 10 heteroatoms. The maximum atomic E-state index is 13.5. The van der Waals surface area contributed by atoms with Crippen LogP contribution < -0.4 is 10.5 Å². The van der Waals surface area contributed by atoms with Crippen LogP contribution in [0, 0.1) is 5.82 Å². The molecular weight excluding hydrogens is 343 g/mol. The average molecular weight is 357 g/mol. The largest absolute Gasteiger partial charge is 0.349 e. The van der Waals surface area contributed by atoms with Crippen LogP contribution in [0.4, 0.5) is 4.39 Å². The summed E-state index contributed by atoms with van der Waals surface area (Å²) in [4.78, 5) is 11.2. The van der Waals surface area contributed by atoms with Gasteiger partial charge in [0.1, 0.15) is 10.7 Å². The van der Waals surface area contributed by atoms with E-state index in [0.29, 0.717) is 6.07 Å². The summed E-state index contributed by atoms with van der Waals surface area (Å²) in [6.45, 7) is 1.62. The fourth-order valence-corrected chi connectivity index (χ4v) is 3.25. The summed E-state index contributed by atoms with van der Waals surface area (Å²) in [7, 11) is -5.44. The molecule has 118 valence electrons. The molecule has 0 fully saturated rings. The highest BCUT2D eigenvalue weighted by atomic mass is 35.5. The smallest absolute Gasteiger partial charge is 0.253 e. The van der Waals surface area contributed by atoms with Crippen LogP contribution in [0.5, 0.6) is 0 Å². The molecule has 0 saturated heterocycles. The molecule has 0 aliphatic carbocycles. The monoisotopic (exact) mass is 356 g/mol. The lowest BCUT2D eigenvalue weighted by Gasteiger charge is -2.14. The molecule has 1 rings (SSSR count). The molecule has 6 nitrogen and oxygen atoms in total. The molecule has 1 aromatic rings. The Morgan fingerprint density at radius 3 is 2.57 bits per heavy atom. The molecule has 21 heavy (non-hydrogen) atoms. The standard InChI is InChI=1S/C11H14ClFN2O4S2/c1-6(5-20(2)17)15-11(16)7-3-10(21(14,18)19)9(13)4-8(7)12/h3-4,6H,5H2,1-2H3,(H,15,16)(H2,14,18,19). The van der Waals surface area contributed by atoms with E-state index >= 15 is 0 Å². The summed E-state index contributed by atoms with van der Waals surface area (Å²) >= 11 is 5.74. The molecular formula is C11H14ClFN2O4S2. The zero-order valence-electron chi connectivity index (χ0n) is 11.2. The average Bonchev–Trinajstić information content (AvgIpc) is 2.24. The van der Waals surface area contributed by atoms with Gasteiger partial charge in [-0.2, -0.15) is 0 Å². The van der Waals surface area contributed by atoms with Crippen molar-refractivity contribution in [3.05, 3.63) is 28.5 Å². The first-order valence-electron chi connectivity index (χ1n) is 5.65. The molecule has 3 N–H and O–H groups in total. The first-order valence-corrected chi connectivity index (χ1v) is 9.30. The van der Waals surface area contributed by atoms with Crippen molar-refractivity contribution in [2.75, 3.05) is 12.0 Å². The Bertz CT molecular complexity index is 694. The highest BCUT2D eigenvalue weighted by Crippen LogP contribution is 2.23. The van der Waals surface area contributed by atoms with Crippen LogP contribution in [-0.4, -0.2) is 36.6 Å². The molecule has 0 heterocycles. The van der Waals surface area contributed by atoms with Crippen LogP contribution in [0.25, 0.3) is 0 Å². The lowest BCUT2D eigenvalue weighted by Crippen LogP contribution is -2.36. The highest BCUT2D eigenvalue weighted by molar-refractivity contribution is 7.89. The van der Waals surface area contributed by atoms with Gasteiger partial charge in [0.2, 0.25) is 10.0 Å². The summed E-state index contributed by atoms with van der Waals surface area (Å²) in [5.74, 6) is -1.63. The minimum Gasteiger partial charge on any atom is -0.349 e. The third kappa shape index (κ3) is 5.03. The lowest BCUT2D eigenvalue weighted by molar-refractivity contribution is 0.0943. The molecule has 0 spiro atoms. The summed E-state index contributed by atoms with van der Waals surface area (Å²) in [6, 6.07) is 1.05. The Hall–Kier alpha value is -1.03. The van der Waals surface area contributed by atoms with E-state index in [9.17, 15) is 21.8 Å². The summed E-state index contributed by atoms with van der Waals surface area (Å²) in [5, 5.41) is 7.11. The number of nitrogens with two attached hydrogens (primary N) is 1. The van der Waals surface area contributed by atoms with Gasteiger partial charge in [-0.1, -0.05) is 11.6 Å². The Kier molecular flexibility index (Phi) is 5.85. The molecule has 0 aromatic heterocycles. The maximum Gasteiger partial charge on any atom is 0.253 e. The van der Waals surface area contributed by atoms with E-state index in [0.717, 1.165) is 6.07 Å². The van der Waals surface area contributed by atoms with Gasteiger partial charge in [0, 0.05) is 28.9 Å². The second-order valence-corrected chi connectivity index (χ2v) is 7.84. The van der Waals surface area contributed by atoms with Crippen LogP contribution in [0.15, 0.2) is 17.0 Å². The van der Waals surface area contributed by atoms with Crippen LogP contribution in [0.1, 0.15) is 17.3 Å². The van der Waals surface area contributed by atoms with Gasteiger partial charge in [-0.15, -0.1) is 0 Å². The maximum absolute atomic E-state index is 13.5. The zero-order valence-corrected chi connectivity index (χ0v) is 13.6. The van der Waals surface area contributed by atoms with Crippen molar-refractivity contribution in [2.24, 2.45) is 5.14 Å². The Morgan fingerprint density at radius 2 is 2.10 bits per heavy atom. The van der Waals surface area contributed by atoms with E-state index in [1.807, 2.05) is 0 Å². The normalized spacial score (nSPS) is 14.5. The van der Waals surface area contributed by atoms with Gasteiger partial charge in [0.25, 0.3) is 5.91 Å². The van der Waals surface area contributed by atoms with Crippen molar-refractivity contribution in [2.45, 2.75) is 17.9 Å². The SMILES string of the molecule is CC(CS(C)=O)NC(=O)c1cc(S(N)(=O)=O)c(F)cc1Cl. The number of primary sulfonamides is 1. The van der Waals surface area contributed by atoms with Crippen LogP contribution in [0.3, 0.4) is 0 Å². The van der Waals surface area contributed by atoms with E-state index < -0.39 is 43.5 Å². The van der Waals surface area contributed by atoms with Crippen LogP contribution >= 0.6 is 11.6 Å². The Labute approximate surface area is 129 Å². The van der Waals surface area contributed by atoms with Crippen molar-refractivity contribution in [3.63, 3.8) is 0 Å². The number of nitrogens with one attached hydrogen (secondary N) is 1. The number of carbonyl (C=O) groups excluding carboxylic acids is 1. The van der Waals surface area contributed by atoms with Crippen molar-refractivity contribution in [1.29, 1.82) is 0 Å². The molecule has 0 bridgehead atoms. The molecule has 0 radical (unpaired) electrons. The highest BCUT2D eigenvalue weighted by Gasteiger charge is 2.21. The third-order valence-electron chi connectivity index (χ3n) is 2.43. The van der Waals surface area contributed by atoms with Crippen molar-refractivity contribution >= 4 is 38.3 Å². The van der Waals surface area contributed by atoms with E-state index in [4.69, 9.17) is 16.7 Å². The number of rotatable bonds is 5. The number of benzene rings is 1. The van der Waals surface area contributed by atoms with Gasteiger partial charge in [0.05, 0.1) is 10.6 Å². The number of carbonyl (C=O) groups is 1. The summed E-state index contributed by atoms with van der Waals surface area (Å²) in [6.07, 6.45) is 1.48. The van der Waals surface area contributed by atoms with E-state index in [-0.39, 0.29) is 16.3 Å². The second kappa shape index (κ2) is 6.82.